The first-order valence-electron chi connectivity index (χ1n) is 13.7. The molecule has 0 saturated carbocycles. The minimum atomic E-state index is -3.66. The molecule has 8 nitrogen and oxygen atoms in total. The molecule has 0 fully saturated rings. The SMILES string of the molecule is CCn1nnc2c(C)c(C(c3cc(CN4C[C@@H](C)Cc5ccccc5S4(=O)=O)c(C)s3)C(C)(C)C(N)=O)ccc21. The number of aromatic nitrogens is 3. The van der Waals surface area contributed by atoms with Crippen molar-refractivity contribution in [3.05, 3.63) is 74.5 Å². The van der Waals surface area contributed by atoms with Crippen molar-refractivity contribution < 1.29 is 13.2 Å². The van der Waals surface area contributed by atoms with Crippen LogP contribution in [-0.4, -0.2) is 40.2 Å². The van der Waals surface area contributed by atoms with E-state index in [1.165, 1.54) is 0 Å². The van der Waals surface area contributed by atoms with Gasteiger partial charge in [-0.05, 0) is 73.6 Å². The van der Waals surface area contributed by atoms with Gasteiger partial charge in [-0.1, -0.05) is 50.3 Å². The fourth-order valence-corrected chi connectivity index (χ4v) is 9.02. The molecule has 0 spiro atoms. The van der Waals surface area contributed by atoms with E-state index in [-0.39, 0.29) is 18.4 Å². The van der Waals surface area contributed by atoms with E-state index in [1.54, 1.807) is 27.8 Å². The maximum absolute atomic E-state index is 13.7. The molecule has 2 aromatic carbocycles. The summed E-state index contributed by atoms with van der Waals surface area (Å²) in [5, 5.41) is 8.72. The van der Waals surface area contributed by atoms with E-state index >= 15 is 0 Å². The minimum Gasteiger partial charge on any atom is -0.369 e. The zero-order valence-corrected chi connectivity index (χ0v) is 25.6. The summed E-state index contributed by atoms with van der Waals surface area (Å²) in [5.74, 6) is -0.550. The molecule has 1 aliphatic heterocycles. The van der Waals surface area contributed by atoms with E-state index in [0.717, 1.165) is 49.5 Å². The Hall–Kier alpha value is -3.08. The summed E-state index contributed by atoms with van der Waals surface area (Å²) in [6.45, 7) is 13.3. The quantitative estimate of drug-likeness (QED) is 0.325. The van der Waals surface area contributed by atoms with Crippen LogP contribution in [-0.2, 0) is 34.3 Å². The lowest BCUT2D eigenvalue weighted by atomic mass is 9.72. The summed E-state index contributed by atoms with van der Waals surface area (Å²) in [5.41, 5.74) is 10.6. The number of hydrogen-bond donors (Lipinski definition) is 1. The monoisotopic (exact) mass is 579 g/mol. The van der Waals surface area contributed by atoms with Crippen LogP contribution < -0.4 is 5.73 Å². The standard InChI is InChI=1S/C30H37N5O3S2/c1-7-35-24-13-12-23(19(3)28(24)32-33-35)27(30(5,6)29(31)36)25-15-22(20(4)39-25)17-34-16-18(2)14-21-10-8-9-11-26(21)40(34,37)38/h8-13,15,18,27H,7,14,16-17H2,1-6H3,(H2,31,36)/t18-,27?/m0/s1. The molecule has 5 rings (SSSR count). The first kappa shape index (κ1) is 28.4. The number of fused-ring (bicyclic) bond motifs is 2. The van der Waals surface area contributed by atoms with Gasteiger partial charge in [0.1, 0.15) is 5.52 Å². The Labute approximate surface area is 240 Å². The summed E-state index contributed by atoms with van der Waals surface area (Å²) < 4.78 is 31.0. The van der Waals surface area contributed by atoms with Gasteiger partial charge in [0, 0.05) is 35.3 Å². The molecular weight excluding hydrogens is 542 g/mol. The summed E-state index contributed by atoms with van der Waals surface area (Å²) >= 11 is 1.60. The molecule has 0 bridgehead atoms. The smallest absolute Gasteiger partial charge is 0.243 e. The van der Waals surface area contributed by atoms with Crippen molar-refractivity contribution in [2.45, 2.75) is 71.9 Å². The zero-order chi connectivity index (χ0) is 29.0. The Morgan fingerprint density at radius 3 is 2.62 bits per heavy atom. The van der Waals surface area contributed by atoms with E-state index in [9.17, 15) is 13.2 Å². The molecule has 3 heterocycles. The third-order valence-electron chi connectivity index (χ3n) is 8.29. The van der Waals surface area contributed by atoms with Crippen molar-refractivity contribution in [3.63, 3.8) is 0 Å². The molecule has 0 aliphatic carbocycles. The van der Waals surface area contributed by atoms with Gasteiger partial charge in [-0.2, -0.15) is 4.31 Å². The number of nitrogens with zero attached hydrogens (tertiary/aromatic N) is 4. The number of rotatable bonds is 7. The van der Waals surface area contributed by atoms with E-state index in [4.69, 9.17) is 5.73 Å². The summed E-state index contributed by atoms with van der Waals surface area (Å²) in [6, 6.07) is 13.4. The van der Waals surface area contributed by atoms with Crippen molar-refractivity contribution in [1.29, 1.82) is 0 Å². The second-order valence-corrected chi connectivity index (χ2v) is 14.7. The molecule has 1 amide bonds. The number of carbonyl (C=O) groups is 1. The molecule has 212 valence electrons. The van der Waals surface area contributed by atoms with Crippen LogP contribution in [0.3, 0.4) is 0 Å². The number of benzene rings is 2. The molecule has 2 aromatic heterocycles. The number of aryl methyl sites for hydroxylation is 3. The van der Waals surface area contributed by atoms with Gasteiger partial charge in [-0.15, -0.1) is 16.4 Å². The lowest BCUT2D eigenvalue weighted by Crippen LogP contribution is -2.37. The van der Waals surface area contributed by atoms with Crippen LogP contribution in [0.5, 0.6) is 0 Å². The number of amides is 1. The van der Waals surface area contributed by atoms with Gasteiger partial charge < -0.3 is 5.73 Å². The van der Waals surface area contributed by atoms with Crippen molar-refractivity contribution in [3.8, 4) is 0 Å². The Morgan fingerprint density at radius 1 is 1.20 bits per heavy atom. The van der Waals surface area contributed by atoms with Crippen LogP contribution in [0, 0.1) is 25.2 Å². The number of nitrogens with two attached hydrogens (primary N) is 1. The van der Waals surface area contributed by atoms with Gasteiger partial charge in [0.25, 0.3) is 0 Å². The molecule has 0 radical (unpaired) electrons. The normalized spacial score (nSPS) is 18.4. The fourth-order valence-electron chi connectivity index (χ4n) is 5.90. The van der Waals surface area contributed by atoms with Gasteiger partial charge in [0.05, 0.1) is 15.8 Å². The second-order valence-electron chi connectivity index (χ2n) is 11.5. The predicted molar refractivity (Wildman–Crippen MR) is 159 cm³/mol. The summed E-state index contributed by atoms with van der Waals surface area (Å²) in [4.78, 5) is 15.2. The van der Waals surface area contributed by atoms with Crippen LogP contribution in [0.1, 0.15) is 65.6 Å². The third kappa shape index (κ3) is 4.76. The van der Waals surface area contributed by atoms with Gasteiger partial charge in [0.15, 0.2) is 0 Å². The second kappa shape index (κ2) is 10.4. The number of thiophene rings is 1. The summed E-state index contributed by atoms with van der Waals surface area (Å²) in [7, 11) is -3.66. The van der Waals surface area contributed by atoms with E-state index < -0.39 is 21.3 Å². The summed E-state index contributed by atoms with van der Waals surface area (Å²) in [6.07, 6.45) is 0.721. The number of primary amides is 1. The van der Waals surface area contributed by atoms with E-state index in [0.29, 0.717) is 18.0 Å². The Bertz CT molecular complexity index is 1700. The predicted octanol–water partition coefficient (Wildman–Crippen LogP) is 5.16. The Balaban J connectivity index is 1.59. The van der Waals surface area contributed by atoms with E-state index in [2.05, 4.69) is 29.4 Å². The van der Waals surface area contributed by atoms with Crippen molar-refractivity contribution in [2.24, 2.45) is 17.1 Å². The molecule has 1 unspecified atom stereocenters. The topological polar surface area (TPSA) is 111 Å². The van der Waals surface area contributed by atoms with Gasteiger partial charge >= 0.3 is 0 Å². The number of carbonyl (C=O) groups excluding carboxylic acids is 1. The average Bonchev–Trinajstić information content (AvgIpc) is 3.46. The number of sulfonamides is 1. The van der Waals surface area contributed by atoms with Gasteiger partial charge in [0.2, 0.25) is 15.9 Å². The molecule has 10 heteroatoms. The lowest BCUT2D eigenvalue weighted by molar-refractivity contribution is -0.126. The van der Waals surface area contributed by atoms with Crippen molar-refractivity contribution in [2.75, 3.05) is 6.54 Å². The van der Waals surface area contributed by atoms with Crippen LogP contribution >= 0.6 is 11.3 Å². The van der Waals surface area contributed by atoms with Crippen LogP contribution in [0.15, 0.2) is 47.4 Å². The highest BCUT2D eigenvalue weighted by Gasteiger charge is 2.40. The van der Waals surface area contributed by atoms with Crippen molar-refractivity contribution >= 4 is 38.3 Å². The highest BCUT2D eigenvalue weighted by atomic mass is 32.2. The third-order valence-corrected chi connectivity index (χ3v) is 11.4. The molecule has 0 saturated heterocycles. The lowest BCUT2D eigenvalue weighted by Gasteiger charge is -2.32. The molecule has 40 heavy (non-hydrogen) atoms. The molecule has 2 atom stereocenters. The highest BCUT2D eigenvalue weighted by molar-refractivity contribution is 7.89. The van der Waals surface area contributed by atoms with Crippen LogP contribution in [0.4, 0.5) is 0 Å². The largest absolute Gasteiger partial charge is 0.369 e. The molecular formula is C30H37N5O3S2. The van der Waals surface area contributed by atoms with Crippen molar-refractivity contribution in [1.82, 2.24) is 19.3 Å². The van der Waals surface area contributed by atoms with Gasteiger partial charge in [-0.3, -0.25) is 4.79 Å². The number of hydrogen-bond acceptors (Lipinski definition) is 6. The van der Waals surface area contributed by atoms with Gasteiger partial charge in [-0.25, -0.2) is 13.1 Å². The maximum atomic E-state index is 13.7. The van der Waals surface area contributed by atoms with E-state index in [1.807, 2.05) is 57.5 Å². The maximum Gasteiger partial charge on any atom is 0.243 e. The fraction of sp³-hybridized carbons (Fsp3) is 0.433. The highest BCUT2D eigenvalue weighted by Crippen LogP contribution is 2.46. The molecule has 2 N–H and O–H groups in total. The zero-order valence-electron chi connectivity index (χ0n) is 23.9. The first-order chi connectivity index (χ1) is 18.9. The minimum absolute atomic E-state index is 0.185. The average molecular weight is 580 g/mol. The van der Waals surface area contributed by atoms with Crippen LogP contribution in [0.25, 0.3) is 11.0 Å². The Morgan fingerprint density at radius 2 is 1.93 bits per heavy atom. The molecule has 1 aliphatic rings. The Kier molecular flexibility index (Phi) is 7.39. The van der Waals surface area contributed by atoms with Crippen LogP contribution in [0.2, 0.25) is 0 Å². The first-order valence-corrected chi connectivity index (χ1v) is 15.9. The molecule has 4 aromatic rings.